The van der Waals surface area contributed by atoms with E-state index in [2.05, 4.69) is 9.97 Å². The number of sulfonamides is 1. The Kier molecular flexibility index (Phi) is 5.45. The molecule has 2 aliphatic carbocycles. The number of hydrogen-bond donors (Lipinski definition) is 1. The zero-order valence-electron chi connectivity index (χ0n) is 17.4. The number of nitrogens with zero attached hydrogens (tertiary/aromatic N) is 4. The van der Waals surface area contributed by atoms with Crippen molar-refractivity contribution < 1.29 is 13.2 Å². The largest absolute Gasteiger partial charge is 0.384 e. The quantitative estimate of drug-likeness (QED) is 0.751. The molecule has 30 heavy (non-hydrogen) atoms. The summed E-state index contributed by atoms with van der Waals surface area (Å²) in [6.45, 7) is 1.72. The Bertz CT molecular complexity index is 1000. The lowest BCUT2D eigenvalue weighted by molar-refractivity contribution is 0.0154. The zero-order valence-corrected chi connectivity index (χ0v) is 18.2. The third kappa shape index (κ3) is 3.71. The molecule has 0 atom stereocenters. The third-order valence-corrected chi connectivity index (χ3v) is 8.78. The van der Waals surface area contributed by atoms with Crippen LogP contribution in [0.2, 0.25) is 0 Å². The number of anilines is 1. The van der Waals surface area contributed by atoms with Gasteiger partial charge >= 0.3 is 0 Å². The Balaban J connectivity index is 1.42. The number of nitrogens with two attached hydrogens (primary N) is 1. The molecule has 9 heteroatoms. The van der Waals surface area contributed by atoms with Crippen LogP contribution in [-0.4, -0.2) is 53.1 Å². The van der Waals surface area contributed by atoms with Gasteiger partial charge in [-0.15, -0.1) is 0 Å². The fraction of sp³-hybridized carbons (Fsp3) is 0.714. The highest BCUT2D eigenvalue weighted by Gasteiger charge is 2.37. The predicted molar refractivity (Wildman–Crippen MR) is 115 cm³/mol. The number of nitrogen functional groups attached to an aromatic ring is 1. The first-order valence-electron chi connectivity index (χ1n) is 11.3. The molecule has 2 saturated carbocycles. The molecule has 0 radical (unpaired) electrons. The summed E-state index contributed by atoms with van der Waals surface area (Å²) in [6, 6.07) is 0.184. The number of rotatable bonds is 6. The second-order valence-corrected chi connectivity index (χ2v) is 10.9. The second kappa shape index (κ2) is 8.09. The van der Waals surface area contributed by atoms with Crippen molar-refractivity contribution in [3.63, 3.8) is 0 Å². The first kappa shape index (κ1) is 20.2. The van der Waals surface area contributed by atoms with Crippen LogP contribution in [0.5, 0.6) is 0 Å². The van der Waals surface area contributed by atoms with Gasteiger partial charge in [0.1, 0.15) is 11.3 Å². The van der Waals surface area contributed by atoms with E-state index in [9.17, 15) is 8.42 Å². The van der Waals surface area contributed by atoms with Gasteiger partial charge in [0.05, 0.1) is 6.10 Å². The van der Waals surface area contributed by atoms with Crippen molar-refractivity contribution >= 4 is 27.0 Å². The molecule has 2 aromatic rings. The van der Waals surface area contributed by atoms with Gasteiger partial charge in [0.25, 0.3) is 0 Å². The average Bonchev–Trinajstić information content (AvgIpc) is 3.54. The average molecular weight is 434 g/mol. The number of ether oxygens (including phenoxy) is 1. The third-order valence-electron chi connectivity index (χ3n) is 6.82. The smallest absolute Gasteiger partial charge is 0.248 e. The standard InChI is InChI=1S/C21H31N5O3S/c22-20-19(18-21(24-11-10-23-18)26(20)16-4-2-1-3-5-16)30(27,28)25-12-8-17(9-13-25)29-14-15-6-7-15/h10-11,15-17H,1-9,12-14,22H2. The van der Waals surface area contributed by atoms with Crippen LogP contribution < -0.4 is 5.73 Å². The van der Waals surface area contributed by atoms with Crippen LogP contribution in [0, 0.1) is 5.92 Å². The van der Waals surface area contributed by atoms with Crippen molar-refractivity contribution in [1.82, 2.24) is 18.8 Å². The molecular weight excluding hydrogens is 402 g/mol. The Labute approximate surface area is 177 Å². The fourth-order valence-electron chi connectivity index (χ4n) is 4.90. The SMILES string of the molecule is Nc1c(S(=O)(=O)N2CCC(OCC3CC3)CC2)c2nccnc2n1C1CCCCC1. The fourth-order valence-corrected chi connectivity index (χ4v) is 6.60. The molecule has 1 saturated heterocycles. The van der Waals surface area contributed by atoms with Crippen LogP contribution in [0.25, 0.3) is 11.2 Å². The summed E-state index contributed by atoms with van der Waals surface area (Å²) in [5.74, 6) is 1.01. The van der Waals surface area contributed by atoms with Crippen LogP contribution >= 0.6 is 0 Å². The normalized spacial score (nSPS) is 22.7. The molecule has 2 N–H and O–H groups in total. The van der Waals surface area contributed by atoms with E-state index in [0.29, 0.717) is 24.3 Å². The van der Waals surface area contributed by atoms with Crippen LogP contribution in [0.4, 0.5) is 5.82 Å². The Morgan fingerprint density at radius 2 is 1.70 bits per heavy atom. The summed E-state index contributed by atoms with van der Waals surface area (Å²) in [5, 5.41) is 0. The van der Waals surface area contributed by atoms with Gasteiger partial charge in [0.2, 0.25) is 10.0 Å². The molecule has 0 amide bonds. The summed E-state index contributed by atoms with van der Waals surface area (Å²) < 4.78 is 36.7. The predicted octanol–water partition coefficient (Wildman–Crippen LogP) is 3.10. The highest BCUT2D eigenvalue weighted by molar-refractivity contribution is 7.89. The maximum absolute atomic E-state index is 13.6. The Hall–Kier alpha value is -1.71. The summed E-state index contributed by atoms with van der Waals surface area (Å²) >= 11 is 0. The van der Waals surface area contributed by atoms with E-state index in [4.69, 9.17) is 10.5 Å². The minimum atomic E-state index is -3.75. The lowest BCUT2D eigenvalue weighted by atomic mass is 9.95. The lowest BCUT2D eigenvalue weighted by Gasteiger charge is -2.31. The monoisotopic (exact) mass is 433 g/mol. The highest BCUT2D eigenvalue weighted by Crippen LogP contribution is 2.39. The van der Waals surface area contributed by atoms with Gasteiger partial charge in [-0.3, -0.25) is 0 Å². The summed E-state index contributed by atoms with van der Waals surface area (Å²) in [4.78, 5) is 9.00. The molecular formula is C21H31N5O3S. The number of fused-ring (bicyclic) bond motifs is 1. The van der Waals surface area contributed by atoms with Crippen LogP contribution in [0.1, 0.15) is 63.8 Å². The van der Waals surface area contributed by atoms with Crippen LogP contribution in [0.15, 0.2) is 17.3 Å². The Morgan fingerprint density at radius 1 is 1.00 bits per heavy atom. The summed E-state index contributed by atoms with van der Waals surface area (Å²) in [5.41, 5.74) is 7.49. The van der Waals surface area contributed by atoms with E-state index < -0.39 is 10.0 Å². The van der Waals surface area contributed by atoms with E-state index in [0.717, 1.165) is 51.0 Å². The van der Waals surface area contributed by atoms with E-state index in [1.54, 1.807) is 16.7 Å². The zero-order chi connectivity index (χ0) is 20.7. The molecule has 5 rings (SSSR count). The first-order chi connectivity index (χ1) is 14.6. The molecule has 3 fully saturated rings. The van der Waals surface area contributed by atoms with Gasteiger partial charge in [-0.2, -0.15) is 4.31 Å². The topological polar surface area (TPSA) is 103 Å². The molecule has 164 valence electrons. The minimum Gasteiger partial charge on any atom is -0.384 e. The minimum absolute atomic E-state index is 0.133. The molecule has 0 bridgehead atoms. The maximum atomic E-state index is 13.6. The van der Waals surface area contributed by atoms with Crippen molar-refractivity contribution in [2.45, 2.75) is 74.8 Å². The first-order valence-corrected chi connectivity index (χ1v) is 12.7. The van der Waals surface area contributed by atoms with Crippen LogP contribution in [-0.2, 0) is 14.8 Å². The number of aromatic nitrogens is 3. The van der Waals surface area contributed by atoms with Gasteiger partial charge in [-0.05, 0) is 44.4 Å². The molecule has 0 spiro atoms. The van der Waals surface area contributed by atoms with Gasteiger partial charge in [0, 0.05) is 38.1 Å². The van der Waals surface area contributed by atoms with E-state index in [1.807, 2.05) is 4.57 Å². The molecule has 3 aliphatic rings. The van der Waals surface area contributed by atoms with Crippen LogP contribution in [0.3, 0.4) is 0 Å². The van der Waals surface area contributed by atoms with Crippen molar-refractivity contribution in [2.75, 3.05) is 25.4 Å². The summed E-state index contributed by atoms with van der Waals surface area (Å²) in [6.07, 6.45) is 12.7. The van der Waals surface area contributed by atoms with Gasteiger partial charge in [0.15, 0.2) is 10.5 Å². The van der Waals surface area contributed by atoms with Gasteiger partial charge < -0.3 is 15.0 Å². The summed E-state index contributed by atoms with van der Waals surface area (Å²) in [7, 11) is -3.75. The molecule has 0 unspecified atom stereocenters. The molecule has 1 aliphatic heterocycles. The molecule has 3 heterocycles. The van der Waals surface area contributed by atoms with Crippen molar-refractivity contribution in [3.05, 3.63) is 12.4 Å². The molecule has 8 nitrogen and oxygen atoms in total. The number of piperidine rings is 1. The van der Waals surface area contributed by atoms with Crippen molar-refractivity contribution in [1.29, 1.82) is 0 Å². The highest BCUT2D eigenvalue weighted by atomic mass is 32.2. The molecule has 0 aromatic carbocycles. The second-order valence-electron chi connectivity index (χ2n) is 8.98. The van der Waals surface area contributed by atoms with E-state index >= 15 is 0 Å². The van der Waals surface area contributed by atoms with E-state index in [1.165, 1.54) is 19.3 Å². The van der Waals surface area contributed by atoms with Gasteiger partial charge in [-0.1, -0.05) is 19.3 Å². The van der Waals surface area contributed by atoms with Crippen molar-refractivity contribution in [3.8, 4) is 0 Å². The number of hydrogen-bond acceptors (Lipinski definition) is 6. The maximum Gasteiger partial charge on any atom is 0.248 e. The van der Waals surface area contributed by atoms with E-state index in [-0.39, 0.29) is 22.9 Å². The van der Waals surface area contributed by atoms with Crippen molar-refractivity contribution in [2.24, 2.45) is 5.92 Å². The lowest BCUT2D eigenvalue weighted by Crippen LogP contribution is -2.41. The Morgan fingerprint density at radius 3 is 2.40 bits per heavy atom. The molecule has 2 aromatic heterocycles. The van der Waals surface area contributed by atoms with Gasteiger partial charge in [-0.25, -0.2) is 18.4 Å².